The fourth-order valence-corrected chi connectivity index (χ4v) is 1.11. The summed E-state index contributed by atoms with van der Waals surface area (Å²) in [6.45, 7) is 9.44. The molecule has 1 atom stereocenters. The zero-order chi connectivity index (χ0) is 8.69. The van der Waals surface area contributed by atoms with E-state index in [0.717, 1.165) is 6.54 Å². The molecule has 0 spiro atoms. The van der Waals surface area contributed by atoms with E-state index in [2.05, 4.69) is 44.3 Å². The lowest BCUT2D eigenvalue weighted by Gasteiger charge is -2.12. The van der Waals surface area contributed by atoms with Crippen LogP contribution in [0.2, 0.25) is 0 Å². The van der Waals surface area contributed by atoms with E-state index in [1.54, 1.807) is 0 Å². The third-order valence-electron chi connectivity index (χ3n) is 1.70. The fraction of sp³-hybridized carbons (Fsp3) is 0.600. The van der Waals surface area contributed by atoms with Gasteiger partial charge in [0.2, 0.25) is 0 Å². The smallest absolute Gasteiger partial charge is 0.0288 e. The first-order valence-corrected chi connectivity index (χ1v) is 4.28. The SMILES string of the molecule is C/C=C\C(=C/C)C(C)NCC. The maximum absolute atomic E-state index is 3.36. The molecule has 0 fully saturated rings. The van der Waals surface area contributed by atoms with Gasteiger partial charge in [0.25, 0.3) is 0 Å². The van der Waals surface area contributed by atoms with E-state index < -0.39 is 0 Å². The Balaban J connectivity index is 4.04. The molecule has 0 aromatic heterocycles. The van der Waals surface area contributed by atoms with Crippen LogP contribution in [0, 0.1) is 0 Å². The van der Waals surface area contributed by atoms with E-state index in [4.69, 9.17) is 0 Å². The molecule has 1 nitrogen and oxygen atoms in total. The summed E-state index contributed by atoms with van der Waals surface area (Å²) in [6.07, 6.45) is 6.36. The van der Waals surface area contributed by atoms with Gasteiger partial charge in [0.1, 0.15) is 0 Å². The Morgan fingerprint density at radius 2 is 2.09 bits per heavy atom. The third-order valence-corrected chi connectivity index (χ3v) is 1.70. The van der Waals surface area contributed by atoms with Gasteiger partial charge in [-0.1, -0.05) is 25.2 Å². The van der Waals surface area contributed by atoms with Gasteiger partial charge in [-0.15, -0.1) is 0 Å². The molecule has 0 heterocycles. The van der Waals surface area contributed by atoms with Crippen LogP contribution < -0.4 is 5.32 Å². The number of allylic oxidation sites excluding steroid dienone is 2. The molecule has 1 N–H and O–H groups in total. The zero-order valence-electron chi connectivity index (χ0n) is 8.02. The van der Waals surface area contributed by atoms with Crippen LogP contribution in [0.3, 0.4) is 0 Å². The Bertz CT molecular complexity index is 145. The maximum atomic E-state index is 3.36. The second-order valence-electron chi connectivity index (χ2n) is 2.57. The van der Waals surface area contributed by atoms with Gasteiger partial charge >= 0.3 is 0 Å². The molecule has 0 rings (SSSR count). The van der Waals surface area contributed by atoms with E-state index in [-0.39, 0.29) is 0 Å². The number of hydrogen-bond donors (Lipinski definition) is 1. The van der Waals surface area contributed by atoms with Crippen LogP contribution in [0.4, 0.5) is 0 Å². The average molecular weight is 153 g/mol. The Morgan fingerprint density at radius 1 is 1.45 bits per heavy atom. The van der Waals surface area contributed by atoms with Crippen LogP contribution in [0.5, 0.6) is 0 Å². The summed E-state index contributed by atoms with van der Waals surface area (Å²) in [4.78, 5) is 0. The van der Waals surface area contributed by atoms with Crippen molar-refractivity contribution in [1.82, 2.24) is 5.32 Å². The molecule has 0 bridgehead atoms. The van der Waals surface area contributed by atoms with Crippen molar-refractivity contribution in [3.05, 3.63) is 23.8 Å². The minimum absolute atomic E-state index is 0.473. The van der Waals surface area contributed by atoms with Crippen molar-refractivity contribution in [3.8, 4) is 0 Å². The van der Waals surface area contributed by atoms with E-state index >= 15 is 0 Å². The average Bonchev–Trinajstić information content (AvgIpc) is 2.00. The Morgan fingerprint density at radius 3 is 2.45 bits per heavy atom. The normalized spacial score (nSPS) is 15.8. The van der Waals surface area contributed by atoms with Crippen LogP contribution in [-0.4, -0.2) is 12.6 Å². The van der Waals surface area contributed by atoms with Gasteiger partial charge in [0.05, 0.1) is 0 Å². The van der Waals surface area contributed by atoms with Crippen molar-refractivity contribution < 1.29 is 0 Å². The van der Waals surface area contributed by atoms with Gasteiger partial charge in [-0.3, -0.25) is 0 Å². The summed E-state index contributed by atoms with van der Waals surface area (Å²) in [6, 6.07) is 0.473. The molecule has 64 valence electrons. The standard InChI is InChI=1S/C10H19N/c1-5-8-10(6-2)9(4)11-7-3/h5-6,8-9,11H,7H2,1-4H3/b8-5-,10-6+. The zero-order valence-corrected chi connectivity index (χ0v) is 8.02. The highest BCUT2D eigenvalue weighted by molar-refractivity contribution is 5.22. The molecule has 0 aliphatic carbocycles. The van der Waals surface area contributed by atoms with Crippen molar-refractivity contribution in [2.75, 3.05) is 6.54 Å². The Labute approximate surface area is 70.2 Å². The minimum atomic E-state index is 0.473. The van der Waals surface area contributed by atoms with Crippen LogP contribution in [0.1, 0.15) is 27.7 Å². The summed E-state index contributed by atoms with van der Waals surface area (Å²) >= 11 is 0. The lowest BCUT2D eigenvalue weighted by atomic mass is 10.1. The predicted octanol–water partition coefficient (Wildman–Crippen LogP) is 2.51. The summed E-state index contributed by atoms with van der Waals surface area (Å²) in [5.41, 5.74) is 1.36. The predicted molar refractivity (Wildman–Crippen MR) is 51.7 cm³/mol. The molecule has 0 saturated carbocycles. The second-order valence-corrected chi connectivity index (χ2v) is 2.57. The second kappa shape index (κ2) is 6.17. The van der Waals surface area contributed by atoms with Crippen molar-refractivity contribution in [1.29, 1.82) is 0 Å². The molecule has 1 heteroatoms. The fourth-order valence-electron chi connectivity index (χ4n) is 1.11. The molecule has 0 aromatic rings. The van der Waals surface area contributed by atoms with Crippen LogP contribution in [-0.2, 0) is 0 Å². The van der Waals surface area contributed by atoms with Crippen LogP contribution >= 0.6 is 0 Å². The number of likely N-dealkylation sites (N-methyl/N-ethyl adjacent to an activating group) is 1. The first kappa shape index (κ1) is 10.4. The third kappa shape index (κ3) is 3.99. The molecule has 0 aliphatic rings. The van der Waals surface area contributed by atoms with Gasteiger partial charge in [-0.25, -0.2) is 0 Å². The highest BCUT2D eigenvalue weighted by atomic mass is 14.9. The lowest BCUT2D eigenvalue weighted by molar-refractivity contribution is 0.642. The van der Waals surface area contributed by atoms with Crippen LogP contribution in [0.25, 0.3) is 0 Å². The van der Waals surface area contributed by atoms with E-state index in [9.17, 15) is 0 Å². The first-order valence-electron chi connectivity index (χ1n) is 4.28. The largest absolute Gasteiger partial charge is 0.310 e. The summed E-state index contributed by atoms with van der Waals surface area (Å²) in [5.74, 6) is 0. The molecule has 11 heavy (non-hydrogen) atoms. The van der Waals surface area contributed by atoms with Crippen LogP contribution in [0.15, 0.2) is 23.8 Å². The highest BCUT2D eigenvalue weighted by Crippen LogP contribution is 2.02. The monoisotopic (exact) mass is 153 g/mol. The Hall–Kier alpha value is -0.560. The van der Waals surface area contributed by atoms with Crippen molar-refractivity contribution in [3.63, 3.8) is 0 Å². The first-order chi connectivity index (χ1) is 5.26. The summed E-state index contributed by atoms with van der Waals surface area (Å²) in [5, 5.41) is 3.36. The Kier molecular flexibility index (Phi) is 5.86. The number of nitrogens with one attached hydrogen (secondary N) is 1. The molecule has 0 aromatic carbocycles. The van der Waals surface area contributed by atoms with Gasteiger partial charge in [0, 0.05) is 6.04 Å². The van der Waals surface area contributed by atoms with Gasteiger partial charge in [-0.2, -0.15) is 0 Å². The molecule has 1 unspecified atom stereocenters. The lowest BCUT2D eigenvalue weighted by Crippen LogP contribution is -2.26. The highest BCUT2D eigenvalue weighted by Gasteiger charge is 2.00. The molecule has 0 aliphatic heterocycles. The quantitative estimate of drug-likeness (QED) is 0.612. The summed E-state index contributed by atoms with van der Waals surface area (Å²) in [7, 11) is 0. The van der Waals surface area contributed by atoms with Crippen molar-refractivity contribution in [2.45, 2.75) is 33.7 Å². The number of rotatable bonds is 4. The molecular formula is C10H19N. The van der Waals surface area contributed by atoms with Gasteiger partial charge < -0.3 is 5.32 Å². The minimum Gasteiger partial charge on any atom is -0.310 e. The van der Waals surface area contributed by atoms with Crippen molar-refractivity contribution >= 4 is 0 Å². The number of hydrogen-bond acceptors (Lipinski definition) is 1. The van der Waals surface area contributed by atoms with E-state index in [1.165, 1.54) is 5.57 Å². The van der Waals surface area contributed by atoms with Crippen molar-refractivity contribution in [2.24, 2.45) is 0 Å². The maximum Gasteiger partial charge on any atom is 0.0288 e. The molecular weight excluding hydrogens is 134 g/mol. The molecule has 0 amide bonds. The summed E-state index contributed by atoms with van der Waals surface area (Å²) < 4.78 is 0. The topological polar surface area (TPSA) is 12.0 Å². The van der Waals surface area contributed by atoms with E-state index in [0.29, 0.717) is 6.04 Å². The molecule has 0 saturated heterocycles. The molecule has 0 radical (unpaired) electrons. The van der Waals surface area contributed by atoms with Gasteiger partial charge in [0.15, 0.2) is 0 Å². The van der Waals surface area contributed by atoms with Gasteiger partial charge in [-0.05, 0) is 32.9 Å². The van der Waals surface area contributed by atoms with E-state index in [1.807, 2.05) is 6.92 Å².